The number of halogens is 1. The molecule has 0 spiro atoms. The molecular formula is C17H29IN4O3S. The van der Waals surface area contributed by atoms with E-state index in [9.17, 15) is 8.42 Å². The highest BCUT2D eigenvalue weighted by atomic mass is 127. The second kappa shape index (κ2) is 10.3. The van der Waals surface area contributed by atoms with E-state index in [1.165, 1.54) is 10.6 Å². The van der Waals surface area contributed by atoms with Crippen molar-refractivity contribution >= 4 is 45.6 Å². The summed E-state index contributed by atoms with van der Waals surface area (Å²) in [5, 5.41) is 3.02. The van der Waals surface area contributed by atoms with Crippen molar-refractivity contribution in [2.45, 2.75) is 45.3 Å². The van der Waals surface area contributed by atoms with Gasteiger partial charge in [0.1, 0.15) is 5.75 Å². The first-order valence-corrected chi connectivity index (χ1v) is 10.4. The van der Waals surface area contributed by atoms with Crippen LogP contribution in [-0.2, 0) is 10.0 Å². The van der Waals surface area contributed by atoms with Crippen LogP contribution < -0.4 is 15.8 Å². The van der Waals surface area contributed by atoms with Crippen LogP contribution in [0.4, 0.5) is 5.69 Å². The van der Waals surface area contributed by atoms with Gasteiger partial charge in [0.15, 0.2) is 5.96 Å². The van der Waals surface area contributed by atoms with Crippen molar-refractivity contribution in [3.8, 4) is 5.75 Å². The van der Waals surface area contributed by atoms with Crippen LogP contribution in [0, 0.1) is 0 Å². The van der Waals surface area contributed by atoms with Gasteiger partial charge in [-0.2, -0.15) is 4.31 Å². The van der Waals surface area contributed by atoms with Crippen molar-refractivity contribution in [2.75, 3.05) is 24.7 Å². The number of nitrogens with one attached hydrogen (secondary N) is 1. The molecule has 148 valence electrons. The Morgan fingerprint density at radius 3 is 2.58 bits per heavy atom. The predicted molar refractivity (Wildman–Crippen MR) is 117 cm³/mol. The number of hydrogen-bond donors (Lipinski definition) is 2. The van der Waals surface area contributed by atoms with Crippen LogP contribution in [0.3, 0.4) is 0 Å². The van der Waals surface area contributed by atoms with E-state index < -0.39 is 10.0 Å². The minimum atomic E-state index is -3.21. The molecule has 1 saturated heterocycles. The summed E-state index contributed by atoms with van der Waals surface area (Å²) in [5.74, 6) is 1.07. The van der Waals surface area contributed by atoms with Gasteiger partial charge in [-0.15, -0.1) is 24.0 Å². The lowest BCUT2D eigenvalue weighted by atomic mass is 10.1. The molecule has 2 rings (SSSR count). The van der Waals surface area contributed by atoms with Crippen LogP contribution in [0.1, 0.15) is 33.1 Å². The largest absolute Gasteiger partial charge is 0.491 e. The maximum absolute atomic E-state index is 11.9. The fourth-order valence-corrected chi connectivity index (χ4v) is 4.05. The highest BCUT2D eigenvalue weighted by molar-refractivity contribution is 14.0. The molecule has 26 heavy (non-hydrogen) atoms. The minimum absolute atomic E-state index is 0. The van der Waals surface area contributed by atoms with E-state index in [4.69, 9.17) is 10.5 Å². The Morgan fingerprint density at radius 1 is 1.35 bits per heavy atom. The Kier molecular flexibility index (Phi) is 9.11. The highest BCUT2D eigenvalue weighted by Crippen LogP contribution is 2.20. The molecule has 1 atom stereocenters. The fourth-order valence-electron chi connectivity index (χ4n) is 2.87. The lowest BCUT2D eigenvalue weighted by Crippen LogP contribution is -2.45. The van der Waals surface area contributed by atoms with Gasteiger partial charge in [-0.3, -0.25) is 4.99 Å². The summed E-state index contributed by atoms with van der Waals surface area (Å²) >= 11 is 0. The summed E-state index contributed by atoms with van der Waals surface area (Å²) in [6.07, 6.45) is 4.09. The van der Waals surface area contributed by atoms with Gasteiger partial charge in [0.2, 0.25) is 10.0 Å². The summed E-state index contributed by atoms with van der Waals surface area (Å²) in [5.41, 5.74) is 6.74. The molecule has 1 heterocycles. The molecule has 1 aliphatic heterocycles. The normalized spacial score (nSPS) is 19.1. The van der Waals surface area contributed by atoms with Crippen molar-refractivity contribution in [3.05, 3.63) is 24.3 Å². The second-order valence-corrected chi connectivity index (χ2v) is 8.50. The predicted octanol–water partition coefficient (Wildman–Crippen LogP) is 2.63. The molecule has 9 heteroatoms. The maximum Gasteiger partial charge on any atom is 0.211 e. The molecule has 0 amide bonds. The number of anilines is 1. The number of ether oxygens (including phenoxy) is 1. The van der Waals surface area contributed by atoms with E-state index in [2.05, 4.69) is 10.3 Å². The molecule has 1 unspecified atom stereocenters. The van der Waals surface area contributed by atoms with E-state index in [1.54, 1.807) is 0 Å². The Morgan fingerprint density at radius 2 is 2.00 bits per heavy atom. The molecule has 0 bridgehead atoms. The van der Waals surface area contributed by atoms with Crippen LogP contribution in [0.2, 0.25) is 0 Å². The topological polar surface area (TPSA) is 97.0 Å². The molecule has 7 nitrogen and oxygen atoms in total. The first-order valence-electron chi connectivity index (χ1n) is 8.56. The second-order valence-electron chi connectivity index (χ2n) is 6.57. The molecule has 1 fully saturated rings. The quantitative estimate of drug-likeness (QED) is 0.359. The van der Waals surface area contributed by atoms with Gasteiger partial charge in [-0.05, 0) is 51.0 Å². The van der Waals surface area contributed by atoms with Crippen molar-refractivity contribution in [3.63, 3.8) is 0 Å². The average Bonchev–Trinajstić information content (AvgIpc) is 2.54. The van der Waals surface area contributed by atoms with Gasteiger partial charge < -0.3 is 15.8 Å². The zero-order valence-electron chi connectivity index (χ0n) is 15.5. The van der Waals surface area contributed by atoms with Gasteiger partial charge in [0.05, 0.1) is 18.9 Å². The third-order valence-corrected chi connectivity index (χ3v) is 5.30. The van der Waals surface area contributed by atoms with Crippen molar-refractivity contribution in [1.29, 1.82) is 0 Å². The molecule has 0 radical (unpaired) electrons. The smallest absolute Gasteiger partial charge is 0.211 e. The zero-order chi connectivity index (χ0) is 18.4. The van der Waals surface area contributed by atoms with Crippen molar-refractivity contribution in [1.82, 2.24) is 4.31 Å². The fraction of sp³-hybridized carbons (Fsp3) is 0.588. The maximum atomic E-state index is 11.9. The number of rotatable bonds is 6. The van der Waals surface area contributed by atoms with Gasteiger partial charge in [0, 0.05) is 18.3 Å². The molecule has 0 saturated carbocycles. The number of nitrogens with two attached hydrogens (primary N) is 1. The average molecular weight is 496 g/mol. The summed E-state index contributed by atoms with van der Waals surface area (Å²) in [7, 11) is -3.21. The lowest BCUT2D eigenvalue weighted by Gasteiger charge is -2.32. The number of hydrogen-bond acceptors (Lipinski definition) is 4. The number of sulfonamides is 1. The molecule has 0 aromatic heterocycles. The van der Waals surface area contributed by atoms with Gasteiger partial charge >= 0.3 is 0 Å². The van der Waals surface area contributed by atoms with Crippen molar-refractivity contribution < 1.29 is 13.2 Å². The standard InChI is InChI=1S/C17H28N4O3S.HI/c1-13(2)24-16-9-7-14(8-10-16)20-17(18)19-12-15-6-4-5-11-21(15)25(3,22)23;/h7-10,13,15H,4-6,11-12H2,1-3H3,(H3,18,19,20);1H. The number of benzene rings is 1. The number of nitrogens with zero attached hydrogens (tertiary/aromatic N) is 2. The van der Waals surface area contributed by atoms with E-state index >= 15 is 0 Å². The van der Waals surface area contributed by atoms with E-state index in [0.717, 1.165) is 30.7 Å². The number of piperidine rings is 1. The van der Waals surface area contributed by atoms with E-state index in [0.29, 0.717) is 13.1 Å². The zero-order valence-corrected chi connectivity index (χ0v) is 18.7. The van der Waals surface area contributed by atoms with Crippen molar-refractivity contribution in [2.24, 2.45) is 10.7 Å². The molecule has 1 aromatic rings. The first kappa shape index (κ1) is 23.0. The van der Waals surface area contributed by atoms with E-state index in [1.807, 2.05) is 38.1 Å². The Balaban J connectivity index is 0.00000338. The molecular weight excluding hydrogens is 467 g/mol. The van der Waals surface area contributed by atoms with Crippen LogP contribution in [0.5, 0.6) is 5.75 Å². The highest BCUT2D eigenvalue weighted by Gasteiger charge is 2.28. The minimum Gasteiger partial charge on any atom is -0.491 e. The van der Waals surface area contributed by atoms with Crippen LogP contribution in [0.15, 0.2) is 29.3 Å². The number of aliphatic imine (C=N–C) groups is 1. The monoisotopic (exact) mass is 496 g/mol. The molecule has 3 N–H and O–H groups in total. The van der Waals surface area contributed by atoms with E-state index in [-0.39, 0.29) is 42.1 Å². The molecule has 1 aromatic carbocycles. The Hall–Kier alpha value is -1.07. The summed E-state index contributed by atoms with van der Waals surface area (Å²) in [6, 6.07) is 7.34. The van der Waals surface area contributed by atoms with Crippen LogP contribution >= 0.6 is 24.0 Å². The summed E-state index contributed by atoms with van der Waals surface area (Å²) in [6.45, 7) is 4.87. The molecule has 1 aliphatic rings. The molecule has 0 aliphatic carbocycles. The van der Waals surface area contributed by atoms with Gasteiger partial charge in [-0.1, -0.05) is 6.42 Å². The van der Waals surface area contributed by atoms with Crippen LogP contribution in [0.25, 0.3) is 0 Å². The summed E-state index contributed by atoms with van der Waals surface area (Å²) < 4.78 is 30.8. The first-order chi connectivity index (χ1) is 11.8. The third kappa shape index (κ3) is 7.28. The van der Waals surface area contributed by atoms with Gasteiger partial charge in [0.25, 0.3) is 0 Å². The summed E-state index contributed by atoms with van der Waals surface area (Å²) in [4.78, 5) is 4.32. The Bertz CT molecular complexity index is 692. The lowest BCUT2D eigenvalue weighted by molar-refractivity contribution is 0.242. The van der Waals surface area contributed by atoms with Crippen LogP contribution in [-0.4, -0.2) is 50.2 Å². The third-order valence-electron chi connectivity index (χ3n) is 3.97. The SMILES string of the molecule is CC(C)Oc1ccc(NC(N)=NCC2CCCCN2S(C)(=O)=O)cc1.I. The Labute approximate surface area is 173 Å². The van der Waals surface area contributed by atoms with Gasteiger partial charge in [-0.25, -0.2) is 8.42 Å². The number of guanidine groups is 1.